The van der Waals surface area contributed by atoms with Gasteiger partial charge in [-0.1, -0.05) is 23.2 Å². The highest BCUT2D eigenvalue weighted by molar-refractivity contribution is 7.89. The third-order valence-electron chi connectivity index (χ3n) is 3.86. The number of piperidine rings is 1. The van der Waals surface area contributed by atoms with Gasteiger partial charge in [0.25, 0.3) is 0 Å². The summed E-state index contributed by atoms with van der Waals surface area (Å²) in [6.07, 6.45) is 1.90. The minimum Gasteiger partial charge on any atom is -0.314 e. The lowest BCUT2D eigenvalue weighted by Crippen LogP contribution is -2.46. The maximum absolute atomic E-state index is 12.6. The van der Waals surface area contributed by atoms with Crippen molar-refractivity contribution in [1.29, 1.82) is 0 Å². The van der Waals surface area contributed by atoms with Gasteiger partial charge < -0.3 is 5.32 Å². The minimum absolute atomic E-state index is 0.147. The monoisotopic (exact) mass is 340 g/mol. The Morgan fingerprint density at radius 1 is 1.37 bits per heavy atom. The average molecular weight is 341 g/mol. The second-order valence-electron chi connectivity index (χ2n) is 4.95. The van der Waals surface area contributed by atoms with E-state index in [9.17, 15) is 8.42 Å². The van der Waals surface area contributed by atoms with Gasteiger partial charge >= 0.3 is 0 Å². The molecule has 0 saturated carbocycles. The van der Waals surface area contributed by atoms with Crippen LogP contribution in [0, 0.1) is 5.92 Å². The fourth-order valence-electron chi connectivity index (χ4n) is 2.87. The molecule has 2 atom stereocenters. The first-order valence-electron chi connectivity index (χ1n) is 6.17. The fourth-order valence-corrected chi connectivity index (χ4v) is 6.50. The van der Waals surface area contributed by atoms with Crippen LogP contribution in [-0.2, 0) is 10.0 Å². The van der Waals surface area contributed by atoms with Crippen LogP contribution in [0.1, 0.15) is 12.8 Å². The molecule has 2 aliphatic heterocycles. The van der Waals surface area contributed by atoms with Gasteiger partial charge in [0.05, 0.1) is 4.34 Å². The summed E-state index contributed by atoms with van der Waals surface area (Å²) in [6, 6.07) is 1.91. The van der Waals surface area contributed by atoms with Gasteiger partial charge in [0.1, 0.15) is 9.23 Å². The molecule has 3 heterocycles. The molecule has 0 aliphatic carbocycles. The highest BCUT2D eigenvalue weighted by Gasteiger charge is 2.38. The Morgan fingerprint density at radius 3 is 2.84 bits per heavy atom. The number of hydrogen-bond acceptors (Lipinski definition) is 4. The summed E-state index contributed by atoms with van der Waals surface area (Å²) in [5, 5.41) is 3.42. The van der Waals surface area contributed by atoms with Crippen LogP contribution in [0.25, 0.3) is 0 Å². The molecule has 0 radical (unpaired) electrons. The van der Waals surface area contributed by atoms with Gasteiger partial charge in [-0.2, -0.15) is 4.31 Å². The van der Waals surface area contributed by atoms with Crippen molar-refractivity contribution in [1.82, 2.24) is 9.62 Å². The summed E-state index contributed by atoms with van der Waals surface area (Å²) in [5.41, 5.74) is 0. The fraction of sp³-hybridized carbons (Fsp3) is 0.636. The molecule has 0 bridgehead atoms. The normalized spacial score (nSPS) is 28.5. The molecule has 2 aliphatic rings. The Kier molecular flexibility index (Phi) is 3.83. The summed E-state index contributed by atoms with van der Waals surface area (Å²) in [5.74, 6) is 0.413. The lowest BCUT2D eigenvalue weighted by atomic mass is 9.95. The van der Waals surface area contributed by atoms with Crippen LogP contribution in [0.15, 0.2) is 11.0 Å². The summed E-state index contributed by atoms with van der Waals surface area (Å²) in [4.78, 5) is 0.147. The van der Waals surface area contributed by atoms with Crippen LogP contribution in [0.4, 0.5) is 0 Å². The lowest BCUT2D eigenvalue weighted by Gasteiger charge is -2.33. The number of hydrogen-bond donors (Lipinski definition) is 1. The van der Waals surface area contributed by atoms with Crippen LogP contribution in [-0.4, -0.2) is 38.4 Å². The summed E-state index contributed by atoms with van der Waals surface area (Å²) in [6.45, 7) is 2.10. The Hall–Kier alpha value is 0.150. The number of thiophene rings is 1. The molecular weight excluding hydrogens is 327 g/mol. The van der Waals surface area contributed by atoms with Gasteiger partial charge in [-0.15, -0.1) is 11.3 Å². The van der Waals surface area contributed by atoms with E-state index in [1.807, 2.05) is 0 Å². The Labute approximate surface area is 126 Å². The van der Waals surface area contributed by atoms with Crippen molar-refractivity contribution < 1.29 is 8.42 Å². The van der Waals surface area contributed by atoms with E-state index in [4.69, 9.17) is 23.2 Å². The molecule has 1 aromatic heterocycles. The van der Waals surface area contributed by atoms with Crippen LogP contribution < -0.4 is 5.32 Å². The molecule has 8 heteroatoms. The Bertz CT molecular complexity index is 588. The van der Waals surface area contributed by atoms with Crippen molar-refractivity contribution in [3.05, 3.63) is 14.7 Å². The van der Waals surface area contributed by atoms with Crippen LogP contribution in [0.5, 0.6) is 0 Å². The minimum atomic E-state index is -3.51. The predicted molar refractivity (Wildman–Crippen MR) is 77.6 cm³/mol. The SMILES string of the molecule is O=S(=O)(c1cc(Cl)sc1Cl)N1CCC2NCCC2C1. The van der Waals surface area contributed by atoms with E-state index in [-0.39, 0.29) is 9.23 Å². The molecule has 1 N–H and O–H groups in total. The van der Waals surface area contributed by atoms with Crippen LogP contribution >= 0.6 is 34.5 Å². The number of halogens is 2. The van der Waals surface area contributed by atoms with Crippen LogP contribution in [0.2, 0.25) is 8.67 Å². The highest BCUT2D eigenvalue weighted by Crippen LogP contribution is 2.37. The first-order chi connectivity index (χ1) is 8.98. The first kappa shape index (κ1) is 14.1. The number of fused-ring (bicyclic) bond motifs is 1. The van der Waals surface area contributed by atoms with Crippen molar-refractivity contribution in [2.24, 2.45) is 5.92 Å². The average Bonchev–Trinajstić information content (AvgIpc) is 2.94. The lowest BCUT2D eigenvalue weighted by molar-refractivity contribution is 0.247. The standard InChI is InChI=1S/C11H14Cl2N2O2S2/c12-10-5-9(11(13)18-10)19(16,17)15-4-2-8-7(6-15)1-3-14-8/h5,7-8,14H,1-4,6H2. The van der Waals surface area contributed by atoms with E-state index in [1.54, 1.807) is 4.31 Å². The molecule has 0 amide bonds. The van der Waals surface area contributed by atoms with E-state index in [2.05, 4.69) is 5.32 Å². The molecular formula is C11H14Cl2N2O2S2. The van der Waals surface area contributed by atoms with E-state index >= 15 is 0 Å². The van der Waals surface area contributed by atoms with Crippen molar-refractivity contribution in [3.63, 3.8) is 0 Å². The maximum atomic E-state index is 12.6. The summed E-state index contributed by atoms with van der Waals surface area (Å²) < 4.78 is 27.4. The van der Waals surface area contributed by atoms with Gasteiger partial charge in [0, 0.05) is 19.1 Å². The largest absolute Gasteiger partial charge is 0.314 e. The zero-order chi connectivity index (χ0) is 13.6. The van der Waals surface area contributed by atoms with Crippen molar-refractivity contribution in [2.75, 3.05) is 19.6 Å². The van der Waals surface area contributed by atoms with E-state index < -0.39 is 10.0 Å². The summed E-state index contributed by atoms with van der Waals surface area (Å²) >= 11 is 12.9. The summed E-state index contributed by atoms with van der Waals surface area (Å²) in [7, 11) is -3.51. The molecule has 3 rings (SSSR count). The number of nitrogens with zero attached hydrogens (tertiary/aromatic N) is 1. The van der Waals surface area contributed by atoms with E-state index in [0.29, 0.717) is 29.4 Å². The Balaban J connectivity index is 1.87. The van der Waals surface area contributed by atoms with Gasteiger partial charge in [-0.25, -0.2) is 8.42 Å². The molecule has 2 unspecified atom stereocenters. The molecule has 4 nitrogen and oxygen atoms in total. The second kappa shape index (κ2) is 5.16. The number of sulfonamides is 1. The smallest absolute Gasteiger partial charge is 0.245 e. The van der Waals surface area contributed by atoms with Crippen molar-refractivity contribution in [3.8, 4) is 0 Å². The number of nitrogens with one attached hydrogen (secondary N) is 1. The van der Waals surface area contributed by atoms with E-state index in [0.717, 1.165) is 30.7 Å². The van der Waals surface area contributed by atoms with Crippen molar-refractivity contribution >= 4 is 44.6 Å². The molecule has 2 saturated heterocycles. The molecule has 0 spiro atoms. The maximum Gasteiger partial charge on any atom is 0.245 e. The molecule has 2 fully saturated rings. The zero-order valence-corrected chi connectivity index (χ0v) is 13.2. The molecule has 106 valence electrons. The third-order valence-corrected chi connectivity index (χ3v) is 7.48. The molecule has 19 heavy (non-hydrogen) atoms. The Morgan fingerprint density at radius 2 is 2.16 bits per heavy atom. The van der Waals surface area contributed by atoms with E-state index in [1.165, 1.54) is 6.07 Å². The van der Waals surface area contributed by atoms with Gasteiger partial charge in [-0.05, 0) is 31.4 Å². The van der Waals surface area contributed by atoms with Gasteiger partial charge in [0.2, 0.25) is 10.0 Å². The van der Waals surface area contributed by atoms with Gasteiger partial charge in [0.15, 0.2) is 0 Å². The van der Waals surface area contributed by atoms with Gasteiger partial charge in [-0.3, -0.25) is 0 Å². The quantitative estimate of drug-likeness (QED) is 0.899. The third kappa shape index (κ3) is 2.54. The molecule has 0 aromatic carbocycles. The van der Waals surface area contributed by atoms with Crippen LogP contribution in [0.3, 0.4) is 0 Å². The first-order valence-corrected chi connectivity index (χ1v) is 9.18. The molecule has 1 aromatic rings. The topological polar surface area (TPSA) is 49.4 Å². The second-order valence-corrected chi connectivity index (χ2v) is 9.14. The predicted octanol–water partition coefficient (Wildman–Crippen LogP) is 2.43. The number of rotatable bonds is 2. The zero-order valence-electron chi connectivity index (χ0n) is 10.1. The van der Waals surface area contributed by atoms with Crippen molar-refractivity contribution in [2.45, 2.75) is 23.8 Å². The highest BCUT2D eigenvalue weighted by atomic mass is 35.5.